The lowest BCUT2D eigenvalue weighted by atomic mass is 9.82. The molecule has 1 aromatic heterocycles. The first-order chi connectivity index (χ1) is 16.1. The van der Waals surface area contributed by atoms with Crippen LogP contribution in [0.4, 0.5) is 5.69 Å². The molecular formula is C26H33N5O2. The summed E-state index contributed by atoms with van der Waals surface area (Å²) in [7, 11) is 6.29. The molecule has 0 bridgehead atoms. The van der Waals surface area contributed by atoms with Crippen molar-refractivity contribution in [1.82, 2.24) is 19.9 Å². The number of likely N-dealkylation sites (N-methyl/N-ethyl adjacent to an activating group) is 1. The highest BCUT2D eigenvalue weighted by molar-refractivity contribution is 5.90. The summed E-state index contributed by atoms with van der Waals surface area (Å²) < 4.78 is 11.6. The molecule has 0 radical (unpaired) electrons. The zero-order valence-electron chi connectivity index (χ0n) is 19.8. The predicted octanol–water partition coefficient (Wildman–Crippen LogP) is 4.13. The molecule has 0 aliphatic carbocycles. The van der Waals surface area contributed by atoms with E-state index in [0.717, 1.165) is 44.7 Å². The second-order valence-electron chi connectivity index (χ2n) is 9.21. The third-order valence-corrected chi connectivity index (χ3v) is 6.71. The number of ether oxygens (including phenoxy) is 2. The van der Waals surface area contributed by atoms with Crippen molar-refractivity contribution in [3.63, 3.8) is 0 Å². The van der Waals surface area contributed by atoms with Crippen LogP contribution < -0.4 is 4.74 Å². The number of aliphatic imine (C=N–C) groups is 1. The molecule has 3 aliphatic rings. The Kier molecular flexibility index (Phi) is 6.44. The van der Waals surface area contributed by atoms with Crippen LogP contribution in [0.3, 0.4) is 0 Å². The van der Waals surface area contributed by atoms with Crippen LogP contribution >= 0.6 is 0 Å². The molecule has 0 spiro atoms. The Morgan fingerprint density at radius 3 is 2.70 bits per heavy atom. The van der Waals surface area contributed by atoms with E-state index in [2.05, 4.69) is 71.4 Å². The largest absolute Gasteiger partial charge is 0.478 e. The van der Waals surface area contributed by atoms with E-state index in [1.54, 1.807) is 0 Å². The fourth-order valence-corrected chi connectivity index (χ4v) is 5.08. The summed E-state index contributed by atoms with van der Waals surface area (Å²) in [5, 5.41) is 4.50. The molecule has 174 valence electrons. The van der Waals surface area contributed by atoms with Gasteiger partial charge in [0.15, 0.2) is 0 Å². The van der Waals surface area contributed by atoms with Crippen molar-refractivity contribution >= 4 is 17.7 Å². The molecule has 1 saturated heterocycles. The highest BCUT2D eigenvalue weighted by Gasteiger charge is 2.43. The zero-order chi connectivity index (χ0) is 22.8. The first-order valence-electron chi connectivity index (χ1n) is 11.8. The second kappa shape index (κ2) is 9.63. The van der Waals surface area contributed by atoms with Gasteiger partial charge in [0, 0.05) is 44.6 Å². The number of pyridine rings is 1. The summed E-state index contributed by atoms with van der Waals surface area (Å²) >= 11 is 0. The van der Waals surface area contributed by atoms with Crippen molar-refractivity contribution in [1.29, 1.82) is 0 Å². The zero-order valence-corrected chi connectivity index (χ0v) is 19.8. The minimum absolute atomic E-state index is 0.107. The number of aromatic nitrogens is 1. The maximum Gasteiger partial charge on any atom is 0.213 e. The number of hydrogen-bond acceptors (Lipinski definition) is 7. The maximum absolute atomic E-state index is 5.87. The number of hydrogen-bond donors (Lipinski definition) is 0. The van der Waals surface area contributed by atoms with Gasteiger partial charge in [-0.3, -0.25) is 5.01 Å². The molecule has 0 saturated carbocycles. The first-order valence-corrected chi connectivity index (χ1v) is 11.8. The van der Waals surface area contributed by atoms with E-state index < -0.39 is 0 Å². The number of para-hydroxylation sites is 1. The Morgan fingerprint density at radius 2 is 1.94 bits per heavy atom. The van der Waals surface area contributed by atoms with Crippen LogP contribution in [0.1, 0.15) is 36.4 Å². The fraction of sp³-hybridized carbons (Fsp3) is 0.462. The number of fused-ring (bicyclic) bond motifs is 3. The van der Waals surface area contributed by atoms with Gasteiger partial charge < -0.3 is 14.4 Å². The lowest BCUT2D eigenvalue weighted by molar-refractivity contribution is 0.0689. The molecule has 0 amide bonds. The van der Waals surface area contributed by atoms with Crippen LogP contribution in [0.2, 0.25) is 0 Å². The highest BCUT2D eigenvalue weighted by atomic mass is 16.5. The lowest BCUT2D eigenvalue weighted by Crippen LogP contribution is -2.35. The Balaban J connectivity index is 1.46. The number of hydrazine groups is 1. The molecule has 1 atom stereocenters. The van der Waals surface area contributed by atoms with Crippen LogP contribution in [-0.4, -0.2) is 73.7 Å². The van der Waals surface area contributed by atoms with E-state index in [-0.39, 0.29) is 6.04 Å². The van der Waals surface area contributed by atoms with Gasteiger partial charge in [0.1, 0.15) is 6.34 Å². The third kappa shape index (κ3) is 4.40. The molecule has 5 rings (SSSR count). The van der Waals surface area contributed by atoms with Gasteiger partial charge >= 0.3 is 0 Å². The molecular weight excluding hydrogens is 414 g/mol. The van der Waals surface area contributed by atoms with Gasteiger partial charge in [-0.15, -0.1) is 0 Å². The van der Waals surface area contributed by atoms with Gasteiger partial charge in [-0.25, -0.2) is 15.0 Å². The van der Waals surface area contributed by atoms with Gasteiger partial charge in [0.05, 0.1) is 24.0 Å². The Labute approximate surface area is 196 Å². The maximum atomic E-state index is 5.87. The van der Waals surface area contributed by atoms with Crippen molar-refractivity contribution < 1.29 is 9.47 Å². The van der Waals surface area contributed by atoms with Gasteiger partial charge in [-0.2, -0.15) is 0 Å². The minimum Gasteiger partial charge on any atom is -0.478 e. The molecule has 2 aromatic rings. The monoisotopic (exact) mass is 447 g/mol. The highest BCUT2D eigenvalue weighted by Crippen LogP contribution is 2.50. The van der Waals surface area contributed by atoms with Crippen LogP contribution in [0, 0.1) is 5.92 Å². The van der Waals surface area contributed by atoms with Crippen LogP contribution in [0.15, 0.2) is 53.2 Å². The Hall–Kier alpha value is -2.74. The molecule has 33 heavy (non-hydrogen) atoms. The van der Waals surface area contributed by atoms with Gasteiger partial charge in [-0.1, -0.05) is 24.3 Å². The quantitative estimate of drug-likeness (QED) is 0.595. The molecule has 1 aromatic carbocycles. The molecule has 3 aliphatic heterocycles. The van der Waals surface area contributed by atoms with E-state index in [1.807, 2.05) is 18.6 Å². The molecule has 7 nitrogen and oxygen atoms in total. The summed E-state index contributed by atoms with van der Waals surface area (Å²) in [5.41, 5.74) is 6.11. The fourth-order valence-electron chi connectivity index (χ4n) is 5.08. The Morgan fingerprint density at radius 1 is 1.12 bits per heavy atom. The predicted molar refractivity (Wildman–Crippen MR) is 130 cm³/mol. The van der Waals surface area contributed by atoms with E-state index in [4.69, 9.17) is 14.5 Å². The van der Waals surface area contributed by atoms with Gasteiger partial charge in [0.25, 0.3) is 0 Å². The third-order valence-electron chi connectivity index (χ3n) is 6.71. The molecule has 0 N–H and O–H groups in total. The molecule has 1 unspecified atom stereocenters. The van der Waals surface area contributed by atoms with Gasteiger partial charge in [0.2, 0.25) is 5.88 Å². The number of nitrogens with zero attached hydrogens (tertiary/aromatic N) is 5. The topological polar surface area (TPSA) is 53.4 Å². The summed E-state index contributed by atoms with van der Waals surface area (Å²) in [5.74, 6) is 1.15. The van der Waals surface area contributed by atoms with Crippen LogP contribution in [-0.2, 0) is 4.74 Å². The van der Waals surface area contributed by atoms with Crippen molar-refractivity contribution in [3.05, 3.63) is 59.3 Å². The molecule has 4 heterocycles. The molecule has 1 fully saturated rings. The van der Waals surface area contributed by atoms with Crippen LogP contribution in [0.5, 0.6) is 5.88 Å². The SMILES string of the molecule is CN(C)CCCOc1ccc(C2C(C3CCOCC3)=C3c4ccccc4N=CN3N2C)cn1. The summed E-state index contributed by atoms with van der Waals surface area (Å²) in [6.07, 6.45) is 6.99. The van der Waals surface area contributed by atoms with E-state index in [1.165, 1.54) is 22.4 Å². The normalized spacial score (nSPS) is 21.0. The van der Waals surface area contributed by atoms with Gasteiger partial charge in [-0.05, 0) is 56.5 Å². The van der Waals surface area contributed by atoms with Crippen molar-refractivity contribution in [2.75, 3.05) is 47.5 Å². The van der Waals surface area contributed by atoms with E-state index in [0.29, 0.717) is 18.4 Å². The number of benzene rings is 1. The summed E-state index contributed by atoms with van der Waals surface area (Å²) in [4.78, 5) is 11.5. The van der Waals surface area contributed by atoms with Crippen molar-refractivity contribution in [2.45, 2.75) is 25.3 Å². The minimum atomic E-state index is 0.107. The number of rotatable bonds is 7. The second-order valence-corrected chi connectivity index (χ2v) is 9.21. The summed E-state index contributed by atoms with van der Waals surface area (Å²) in [6, 6.07) is 12.7. The molecule has 7 heteroatoms. The van der Waals surface area contributed by atoms with E-state index in [9.17, 15) is 0 Å². The van der Waals surface area contributed by atoms with E-state index >= 15 is 0 Å². The van der Waals surface area contributed by atoms with Crippen molar-refractivity contribution in [3.8, 4) is 5.88 Å². The standard InChI is InChI=1S/C26H33N5O2/c1-29(2)13-6-14-33-23-10-9-20(17-27-23)25-24(19-11-15-32-16-12-19)26-21-7-4-5-8-22(21)28-18-31(26)30(25)3/h4-5,7-10,17-19,25H,6,11-16H2,1-3H3. The smallest absolute Gasteiger partial charge is 0.213 e. The Bertz CT molecular complexity index is 1030. The average Bonchev–Trinajstić information content (AvgIpc) is 3.15. The average molecular weight is 448 g/mol. The summed E-state index contributed by atoms with van der Waals surface area (Å²) in [6.45, 7) is 3.30. The van der Waals surface area contributed by atoms with Crippen LogP contribution in [0.25, 0.3) is 5.70 Å². The van der Waals surface area contributed by atoms with Crippen molar-refractivity contribution in [2.24, 2.45) is 10.9 Å². The lowest BCUT2D eigenvalue weighted by Gasteiger charge is -2.32. The first kappa shape index (κ1) is 22.1.